The number of hydrogen-bond acceptors (Lipinski definition) is 4. The highest BCUT2D eigenvalue weighted by Gasteiger charge is 2.36. The van der Waals surface area contributed by atoms with Crippen LogP contribution in [-0.2, 0) is 16.1 Å². The lowest BCUT2D eigenvalue weighted by Gasteiger charge is -2.31. The number of aryl methyl sites for hydroxylation is 1. The Bertz CT molecular complexity index is 1000. The lowest BCUT2D eigenvalue weighted by Crippen LogP contribution is -2.33. The Labute approximate surface area is 196 Å². The van der Waals surface area contributed by atoms with Gasteiger partial charge in [0.2, 0.25) is 11.8 Å². The van der Waals surface area contributed by atoms with Crippen molar-refractivity contribution < 1.29 is 14.3 Å². The molecule has 1 N–H and O–H groups in total. The van der Waals surface area contributed by atoms with Crippen molar-refractivity contribution in [2.45, 2.75) is 58.0 Å². The van der Waals surface area contributed by atoms with E-state index in [-0.39, 0.29) is 18.2 Å². The number of hydrogen-bond donors (Lipinski definition) is 1. The normalized spacial score (nSPS) is 19.2. The van der Waals surface area contributed by atoms with E-state index in [2.05, 4.69) is 23.3 Å². The first-order valence-corrected chi connectivity index (χ1v) is 12.0. The second-order valence-electron chi connectivity index (χ2n) is 9.43. The second kappa shape index (κ2) is 10.4. The summed E-state index contributed by atoms with van der Waals surface area (Å²) in [6.07, 6.45) is 6.62. The summed E-state index contributed by atoms with van der Waals surface area (Å²) in [5, 5.41) is 3.12. The smallest absolute Gasteiger partial charge is 0.229 e. The van der Waals surface area contributed by atoms with E-state index in [0.717, 1.165) is 29.0 Å². The third kappa shape index (κ3) is 5.38. The molecule has 2 amide bonds. The quantitative estimate of drug-likeness (QED) is 0.662. The number of benzene rings is 2. The molecule has 1 aliphatic carbocycles. The van der Waals surface area contributed by atoms with Crippen molar-refractivity contribution in [3.8, 4) is 5.75 Å². The summed E-state index contributed by atoms with van der Waals surface area (Å²) in [6.45, 7) is 3.14. The number of para-hydroxylation sites is 1. The Morgan fingerprint density at radius 2 is 1.91 bits per heavy atom. The van der Waals surface area contributed by atoms with Crippen molar-refractivity contribution in [2.75, 3.05) is 30.9 Å². The molecule has 6 nitrogen and oxygen atoms in total. The van der Waals surface area contributed by atoms with Gasteiger partial charge in [-0.2, -0.15) is 0 Å². The van der Waals surface area contributed by atoms with Crippen molar-refractivity contribution in [3.63, 3.8) is 0 Å². The molecule has 1 unspecified atom stereocenters. The van der Waals surface area contributed by atoms with Crippen molar-refractivity contribution in [1.82, 2.24) is 4.90 Å². The van der Waals surface area contributed by atoms with Crippen molar-refractivity contribution >= 4 is 23.2 Å². The minimum atomic E-state index is -0.396. The summed E-state index contributed by atoms with van der Waals surface area (Å²) in [4.78, 5) is 30.0. The lowest BCUT2D eigenvalue weighted by molar-refractivity contribution is -0.122. The van der Waals surface area contributed by atoms with Gasteiger partial charge >= 0.3 is 0 Å². The van der Waals surface area contributed by atoms with Gasteiger partial charge in [0.05, 0.1) is 18.7 Å². The fourth-order valence-corrected chi connectivity index (χ4v) is 5.06. The molecule has 0 radical (unpaired) electrons. The largest absolute Gasteiger partial charge is 0.495 e. The monoisotopic (exact) mass is 449 g/mol. The highest BCUT2D eigenvalue weighted by atomic mass is 16.5. The van der Waals surface area contributed by atoms with Gasteiger partial charge in [0.15, 0.2) is 0 Å². The highest BCUT2D eigenvalue weighted by Crippen LogP contribution is 2.34. The number of carbonyl (C=O) groups excluding carboxylic acids is 2. The van der Waals surface area contributed by atoms with Crippen LogP contribution in [0.3, 0.4) is 0 Å². The van der Waals surface area contributed by atoms with Gasteiger partial charge in [-0.15, -0.1) is 0 Å². The van der Waals surface area contributed by atoms with Crippen LogP contribution in [-0.4, -0.2) is 43.5 Å². The van der Waals surface area contributed by atoms with Crippen LogP contribution in [0.4, 0.5) is 11.4 Å². The van der Waals surface area contributed by atoms with Crippen molar-refractivity contribution in [3.05, 3.63) is 53.6 Å². The van der Waals surface area contributed by atoms with E-state index in [0.29, 0.717) is 18.3 Å². The number of amides is 2. The van der Waals surface area contributed by atoms with Gasteiger partial charge in [-0.05, 0) is 56.1 Å². The number of nitrogens with one attached hydrogen (secondary N) is 1. The predicted octanol–water partition coefficient (Wildman–Crippen LogP) is 4.76. The molecule has 4 rings (SSSR count). The van der Waals surface area contributed by atoms with Gasteiger partial charge in [-0.25, -0.2) is 0 Å². The molecule has 2 fully saturated rings. The van der Waals surface area contributed by atoms with Gasteiger partial charge in [0.25, 0.3) is 0 Å². The van der Waals surface area contributed by atoms with Crippen molar-refractivity contribution in [2.24, 2.45) is 5.92 Å². The summed E-state index contributed by atoms with van der Waals surface area (Å²) in [6, 6.07) is 14.4. The Balaban J connectivity index is 1.44. The average molecular weight is 450 g/mol. The van der Waals surface area contributed by atoms with Gasteiger partial charge in [-0.1, -0.05) is 43.5 Å². The summed E-state index contributed by atoms with van der Waals surface area (Å²) >= 11 is 0. The Morgan fingerprint density at radius 3 is 2.67 bits per heavy atom. The topological polar surface area (TPSA) is 61.9 Å². The minimum absolute atomic E-state index is 0.0515. The van der Waals surface area contributed by atoms with Crippen LogP contribution in [0.15, 0.2) is 42.5 Å². The van der Waals surface area contributed by atoms with E-state index in [4.69, 9.17) is 4.74 Å². The summed E-state index contributed by atoms with van der Waals surface area (Å²) < 4.78 is 5.46. The summed E-state index contributed by atoms with van der Waals surface area (Å²) in [5.74, 6) is 0.0903. The van der Waals surface area contributed by atoms with Gasteiger partial charge in [-0.3, -0.25) is 14.5 Å². The molecule has 1 heterocycles. The molecule has 2 aromatic carbocycles. The number of methoxy groups -OCH3 is 1. The van der Waals surface area contributed by atoms with Crippen LogP contribution < -0.4 is 15.0 Å². The molecule has 1 saturated heterocycles. The standard InChI is InChI=1S/C27H35N3O3/c1-19-13-14-25(33-3)24(15-19)30-18-21(16-26(30)31)27(32)28-23-12-8-7-9-20(23)17-29(2)22-10-5-4-6-11-22/h7-9,12-15,21-22H,4-6,10-11,16-18H2,1-3H3,(H,28,32). The number of ether oxygens (including phenoxy) is 1. The third-order valence-corrected chi connectivity index (χ3v) is 7.01. The average Bonchev–Trinajstić information content (AvgIpc) is 3.22. The van der Waals surface area contributed by atoms with Crippen LogP contribution in [0.5, 0.6) is 5.75 Å². The SMILES string of the molecule is COc1ccc(C)cc1N1CC(C(=O)Nc2ccccc2CN(C)C2CCCCC2)CC1=O. The first-order valence-electron chi connectivity index (χ1n) is 12.0. The molecule has 0 aromatic heterocycles. The zero-order chi connectivity index (χ0) is 23.4. The number of anilines is 2. The van der Waals surface area contributed by atoms with E-state index in [9.17, 15) is 9.59 Å². The third-order valence-electron chi connectivity index (χ3n) is 7.01. The van der Waals surface area contributed by atoms with Gasteiger partial charge in [0.1, 0.15) is 5.75 Å². The van der Waals surface area contributed by atoms with Crippen LogP contribution in [0.2, 0.25) is 0 Å². The predicted molar refractivity (Wildman–Crippen MR) is 132 cm³/mol. The Morgan fingerprint density at radius 1 is 1.15 bits per heavy atom. The molecule has 176 valence electrons. The molecule has 6 heteroatoms. The van der Waals surface area contributed by atoms with E-state index >= 15 is 0 Å². The first-order chi connectivity index (χ1) is 16.0. The van der Waals surface area contributed by atoms with E-state index in [1.807, 2.05) is 43.3 Å². The van der Waals surface area contributed by atoms with Crippen LogP contribution in [0.25, 0.3) is 0 Å². The lowest BCUT2D eigenvalue weighted by atomic mass is 9.94. The van der Waals surface area contributed by atoms with Crippen molar-refractivity contribution in [1.29, 1.82) is 0 Å². The maximum atomic E-state index is 13.2. The fraction of sp³-hybridized carbons (Fsp3) is 0.481. The molecule has 0 spiro atoms. The molecule has 33 heavy (non-hydrogen) atoms. The molecular weight excluding hydrogens is 414 g/mol. The minimum Gasteiger partial charge on any atom is -0.495 e. The maximum absolute atomic E-state index is 13.2. The molecule has 1 atom stereocenters. The molecule has 2 aliphatic rings. The van der Waals surface area contributed by atoms with Crippen LogP contribution in [0, 0.1) is 12.8 Å². The van der Waals surface area contributed by atoms with Gasteiger partial charge in [0, 0.05) is 31.2 Å². The van der Waals surface area contributed by atoms with E-state index in [1.54, 1.807) is 12.0 Å². The number of nitrogens with zero attached hydrogens (tertiary/aromatic N) is 2. The van der Waals surface area contributed by atoms with Gasteiger partial charge < -0.3 is 15.0 Å². The van der Waals surface area contributed by atoms with Crippen LogP contribution >= 0.6 is 0 Å². The first kappa shape index (κ1) is 23.3. The maximum Gasteiger partial charge on any atom is 0.229 e. The second-order valence-corrected chi connectivity index (χ2v) is 9.43. The Hall–Kier alpha value is -2.86. The zero-order valence-electron chi connectivity index (χ0n) is 20.0. The fourth-order valence-electron chi connectivity index (χ4n) is 5.06. The highest BCUT2D eigenvalue weighted by molar-refractivity contribution is 6.04. The molecular formula is C27H35N3O3. The number of carbonyl (C=O) groups is 2. The van der Waals surface area contributed by atoms with E-state index in [1.165, 1.54) is 32.1 Å². The van der Waals surface area contributed by atoms with E-state index < -0.39 is 5.92 Å². The molecule has 0 bridgehead atoms. The number of rotatable bonds is 7. The van der Waals surface area contributed by atoms with Crippen LogP contribution in [0.1, 0.15) is 49.7 Å². The zero-order valence-corrected chi connectivity index (χ0v) is 20.0. The summed E-state index contributed by atoms with van der Waals surface area (Å²) in [7, 11) is 3.78. The Kier molecular flexibility index (Phi) is 7.33. The molecule has 1 aliphatic heterocycles. The molecule has 2 aromatic rings. The summed E-state index contributed by atoms with van der Waals surface area (Å²) in [5.41, 5.74) is 3.72. The molecule has 1 saturated carbocycles.